The van der Waals surface area contributed by atoms with Crippen molar-refractivity contribution in [2.24, 2.45) is 5.92 Å². The van der Waals surface area contributed by atoms with E-state index in [0.717, 1.165) is 19.4 Å². The summed E-state index contributed by atoms with van der Waals surface area (Å²) in [5.41, 5.74) is 0.616. The van der Waals surface area contributed by atoms with E-state index in [0.29, 0.717) is 17.6 Å². The fourth-order valence-corrected chi connectivity index (χ4v) is 8.62. The molecule has 0 bridgehead atoms. The second kappa shape index (κ2) is 8.76. The highest BCUT2D eigenvalue weighted by molar-refractivity contribution is 7.73. The molecule has 1 N–H and O–H groups in total. The lowest BCUT2D eigenvalue weighted by Gasteiger charge is -2.38. The van der Waals surface area contributed by atoms with Gasteiger partial charge < -0.3 is 5.11 Å². The largest absolute Gasteiger partial charge is 0.480 e. The Kier molecular flexibility index (Phi) is 6.13. The summed E-state index contributed by atoms with van der Waals surface area (Å²) >= 11 is 0. The summed E-state index contributed by atoms with van der Waals surface area (Å²) in [6.45, 7) is 3.21. The van der Waals surface area contributed by atoms with E-state index in [4.69, 9.17) is 0 Å². The van der Waals surface area contributed by atoms with Crippen LogP contribution in [0.5, 0.6) is 0 Å². The molecule has 1 aliphatic carbocycles. The van der Waals surface area contributed by atoms with Gasteiger partial charge in [-0.25, -0.2) is 0 Å². The van der Waals surface area contributed by atoms with Crippen LogP contribution in [0.1, 0.15) is 39.0 Å². The maximum absolute atomic E-state index is 11.8. The third-order valence-electron chi connectivity index (χ3n) is 6.65. The van der Waals surface area contributed by atoms with Gasteiger partial charge in [0.25, 0.3) is 0 Å². The summed E-state index contributed by atoms with van der Waals surface area (Å²) in [5, 5.41) is 12.6. The van der Waals surface area contributed by atoms with Crippen LogP contribution in [-0.4, -0.2) is 40.3 Å². The molecular weight excluding hydrogens is 365 g/mol. The third-order valence-corrected chi connectivity index (χ3v) is 9.67. The van der Waals surface area contributed by atoms with E-state index in [-0.39, 0.29) is 6.04 Å². The van der Waals surface area contributed by atoms with E-state index >= 15 is 0 Å². The molecule has 1 heterocycles. The van der Waals surface area contributed by atoms with Crippen LogP contribution in [0.25, 0.3) is 0 Å². The summed E-state index contributed by atoms with van der Waals surface area (Å²) in [5.74, 6) is -0.0845. The van der Waals surface area contributed by atoms with Crippen molar-refractivity contribution < 1.29 is 9.90 Å². The van der Waals surface area contributed by atoms with Gasteiger partial charge in [-0.2, -0.15) is 0 Å². The number of hydrogen-bond donors (Lipinski definition) is 1. The van der Waals surface area contributed by atoms with E-state index in [1.807, 2.05) is 0 Å². The van der Waals surface area contributed by atoms with Crippen LogP contribution in [0.15, 0.2) is 60.7 Å². The number of likely N-dealkylation sites (tertiary alicyclic amines) is 1. The Bertz CT molecular complexity index is 742. The number of aliphatic carboxylic acids is 1. The first-order valence-corrected chi connectivity index (χ1v) is 12.0. The molecule has 2 fully saturated rings. The van der Waals surface area contributed by atoms with E-state index in [2.05, 4.69) is 72.5 Å². The van der Waals surface area contributed by atoms with Crippen molar-refractivity contribution in [3.63, 3.8) is 0 Å². The normalized spacial score (nSPS) is 26.6. The van der Waals surface area contributed by atoms with Crippen molar-refractivity contribution in [2.45, 2.75) is 56.8 Å². The molecule has 1 saturated heterocycles. The predicted molar refractivity (Wildman–Crippen MR) is 117 cm³/mol. The van der Waals surface area contributed by atoms with Gasteiger partial charge in [0.05, 0.1) is 0 Å². The summed E-state index contributed by atoms with van der Waals surface area (Å²) in [6, 6.07) is 22.0. The topological polar surface area (TPSA) is 40.5 Å². The molecule has 0 amide bonds. The highest BCUT2D eigenvalue weighted by Gasteiger charge is 2.43. The molecule has 1 saturated carbocycles. The van der Waals surface area contributed by atoms with Gasteiger partial charge in [-0.1, -0.05) is 67.1 Å². The molecule has 2 aromatic carbocycles. The molecule has 3 nitrogen and oxygen atoms in total. The molecule has 2 unspecified atom stereocenters. The minimum atomic E-state index is -0.646. The molecule has 148 valence electrons. The first kappa shape index (κ1) is 19.6. The molecule has 4 atom stereocenters. The van der Waals surface area contributed by atoms with Crippen LogP contribution < -0.4 is 10.6 Å². The zero-order chi connectivity index (χ0) is 19.5. The van der Waals surface area contributed by atoms with Gasteiger partial charge in [-0.05, 0) is 69.3 Å². The minimum Gasteiger partial charge on any atom is -0.480 e. The van der Waals surface area contributed by atoms with Gasteiger partial charge in [0.15, 0.2) is 0 Å². The third kappa shape index (κ3) is 3.88. The second-order valence-electron chi connectivity index (χ2n) is 8.18. The highest BCUT2D eigenvalue weighted by atomic mass is 31.1. The Hall–Kier alpha value is -1.70. The number of rotatable bonds is 6. The lowest BCUT2D eigenvalue weighted by molar-refractivity contribution is -0.143. The Morgan fingerprint density at radius 1 is 0.964 bits per heavy atom. The van der Waals surface area contributed by atoms with Crippen LogP contribution in [-0.2, 0) is 4.79 Å². The zero-order valence-corrected chi connectivity index (χ0v) is 17.5. The van der Waals surface area contributed by atoms with Crippen molar-refractivity contribution in [1.29, 1.82) is 0 Å². The maximum Gasteiger partial charge on any atom is 0.320 e. The van der Waals surface area contributed by atoms with Crippen LogP contribution in [0.4, 0.5) is 0 Å². The van der Waals surface area contributed by atoms with Gasteiger partial charge in [0.1, 0.15) is 6.04 Å². The van der Waals surface area contributed by atoms with E-state index in [9.17, 15) is 9.90 Å². The average Bonchev–Trinajstić information content (AvgIpc) is 3.39. The quantitative estimate of drug-likeness (QED) is 0.745. The van der Waals surface area contributed by atoms with Gasteiger partial charge in [0, 0.05) is 6.04 Å². The van der Waals surface area contributed by atoms with Crippen molar-refractivity contribution in [1.82, 2.24) is 4.90 Å². The molecular formula is C24H30NO2P. The number of benzene rings is 2. The molecule has 4 rings (SSSR count). The van der Waals surface area contributed by atoms with Crippen molar-refractivity contribution >= 4 is 24.5 Å². The number of nitrogens with zero attached hydrogens (tertiary/aromatic N) is 1. The first-order valence-electron chi connectivity index (χ1n) is 10.5. The zero-order valence-electron chi connectivity index (χ0n) is 16.6. The van der Waals surface area contributed by atoms with Crippen molar-refractivity contribution in [3.8, 4) is 0 Å². The smallest absolute Gasteiger partial charge is 0.320 e. The van der Waals surface area contributed by atoms with Crippen molar-refractivity contribution in [2.75, 3.05) is 6.54 Å². The summed E-state index contributed by atoms with van der Waals surface area (Å²) in [4.78, 5) is 14.0. The van der Waals surface area contributed by atoms with E-state index in [1.165, 1.54) is 29.9 Å². The lowest BCUT2D eigenvalue weighted by Crippen LogP contribution is -2.47. The Balaban J connectivity index is 1.65. The molecule has 0 aromatic heterocycles. The summed E-state index contributed by atoms with van der Waals surface area (Å²) < 4.78 is 0. The van der Waals surface area contributed by atoms with Gasteiger partial charge in [-0.3, -0.25) is 9.69 Å². The fourth-order valence-electron chi connectivity index (χ4n) is 5.35. The molecule has 2 aromatic rings. The molecule has 4 heteroatoms. The predicted octanol–water partition coefficient (Wildman–Crippen LogP) is 4.23. The molecule has 1 aliphatic heterocycles. The number of hydrogen-bond acceptors (Lipinski definition) is 2. The van der Waals surface area contributed by atoms with Crippen LogP contribution in [0.2, 0.25) is 0 Å². The Labute approximate surface area is 169 Å². The monoisotopic (exact) mass is 395 g/mol. The van der Waals surface area contributed by atoms with E-state index in [1.54, 1.807) is 0 Å². The first-order chi connectivity index (χ1) is 13.7. The molecule has 0 spiro atoms. The number of carbonyl (C=O) groups is 1. The van der Waals surface area contributed by atoms with Crippen LogP contribution in [0.3, 0.4) is 0 Å². The average molecular weight is 395 g/mol. The van der Waals surface area contributed by atoms with Crippen LogP contribution in [0, 0.1) is 5.92 Å². The Morgan fingerprint density at radius 2 is 1.57 bits per heavy atom. The minimum absolute atomic E-state index is 0.295. The van der Waals surface area contributed by atoms with Crippen molar-refractivity contribution in [3.05, 3.63) is 60.7 Å². The van der Waals surface area contributed by atoms with Gasteiger partial charge in [0.2, 0.25) is 0 Å². The molecule has 0 radical (unpaired) electrons. The van der Waals surface area contributed by atoms with Gasteiger partial charge in [-0.15, -0.1) is 0 Å². The Morgan fingerprint density at radius 3 is 2.14 bits per heavy atom. The second-order valence-corrected chi connectivity index (χ2v) is 10.6. The number of carboxylic acid groups (broad SMARTS) is 1. The molecule has 28 heavy (non-hydrogen) atoms. The SMILES string of the molecule is C[C@H](C1CCCC1P(c1ccccc1)c1ccccc1)N1CCC[C@H]1C(=O)O. The van der Waals surface area contributed by atoms with E-state index < -0.39 is 13.9 Å². The maximum atomic E-state index is 11.8. The molecule has 2 aliphatic rings. The summed E-state index contributed by atoms with van der Waals surface area (Å²) in [6.07, 6.45) is 5.51. The summed E-state index contributed by atoms with van der Waals surface area (Å²) in [7, 11) is -0.442. The standard InChI is InChI=1S/C24H30NO2P/c1-18(25-17-9-15-22(25)24(26)27)21-14-8-16-23(21)28(19-10-4-2-5-11-19)20-12-6-3-7-13-20/h2-7,10-13,18,21-23H,8-9,14-17H2,1H3,(H,26,27)/t18-,21?,22+,23?/m1/s1. The number of carboxylic acids is 1. The fraction of sp³-hybridized carbons (Fsp3) is 0.458. The highest BCUT2D eigenvalue weighted by Crippen LogP contribution is 2.52. The van der Waals surface area contributed by atoms with Crippen LogP contribution >= 0.6 is 7.92 Å². The lowest BCUT2D eigenvalue weighted by atomic mass is 9.97. The van der Waals surface area contributed by atoms with Gasteiger partial charge >= 0.3 is 5.97 Å².